The SMILES string of the molecule is Cc1noc(C)c1CN1CCCOc2cccc(c2)CCC2CCCCN2C(=O)C1. The Bertz CT molecular complexity index is 844. The molecule has 6 nitrogen and oxygen atoms in total. The van der Waals surface area contributed by atoms with Gasteiger partial charge in [-0.05, 0) is 70.1 Å². The van der Waals surface area contributed by atoms with E-state index in [2.05, 4.69) is 33.2 Å². The maximum atomic E-state index is 13.3. The second-order valence-corrected chi connectivity index (χ2v) is 8.64. The minimum absolute atomic E-state index is 0.248. The van der Waals surface area contributed by atoms with Crippen LogP contribution in [0.3, 0.4) is 0 Å². The average Bonchev–Trinajstić information content (AvgIpc) is 3.07. The fourth-order valence-corrected chi connectivity index (χ4v) is 4.68. The van der Waals surface area contributed by atoms with Gasteiger partial charge in [0, 0.05) is 31.2 Å². The smallest absolute Gasteiger partial charge is 0.237 e. The summed E-state index contributed by atoms with van der Waals surface area (Å²) in [5, 5.41) is 4.08. The molecule has 1 amide bonds. The number of nitrogens with zero attached hydrogens (tertiary/aromatic N) is 3. The van der Waals surface area contributed by atoms with Gasteiger partial charge < -0.3 is 14.2 Å². The molecule has 162 valence electrons. The monoisotopic (exact) mass is 411 g/mol. The quantitative estimate of drug-likeness (QED) is 0.750. The number of aromatic nitrogens is 1. The van der Waals surface area contributed by atoms with Crippen LogP contribution in [0.2, 0.25) is 0 Å². The number of piperidine rings is 1. The molecule has 30 heavy (non-hydrogen) atoms. The van der Waals surface area contributed by atoms with Gasteiger partial charge in [-0.15, -0.1) is 0 Å². The molecule has 1 fully saturated rings. The molecule has 1 saturated heterocycles. The van der Waals surface area contributed by atoms with Crippen molar-refractivity contribution in [1.29, 1.82) is 0 Å². The summed E-state index contributed by atoms with van der Waals surface area (Å²) in [5.74, 6) is 2.03. The van der Waals surface area contributed by atoms with Crippen LogP contribution in [-0.4, -0.2) is 53.1 Å². The van der Waals surface area contributed by atoms with E-state index in [4.69, 9.17) is 9.26 Å². The fourth-order valence-electron chi connectivity index (χ4n) is 4.68. The van der Waals surface area contributed by atoms with Crippen LogP contribution < -0.4 is 4.74 Å². The number of benzene rings is 1. The first kappa shape index (κ1) is 20.9. The van der Waals surface area contributed by atoms with Gasteiger partial charge in [-0.1, -0.05) is 17.3 Å². The highest BCUT2D eigenvalue weighted by Gasteiger charge is 2.28. The summed E-state index contributed by atoms with van der Waals surface area (Å²) in [5.41, 5.74) is 3.29. The zero-order chi connectivity index (χ0) is 20.9. The third kappa shape index (κ3) is 5.04. The highest BCUT2D eigenvalue weighted by molar-refractivity contribution is 5.78. The number of amides is 1. The van der Waals surface area contributed by atoms with E-state index >= 15 is 0 Å². The van der Waals surface area contributed by atoms with Gasteiger partial charge in [-0.3, -0.25) is 9.69 Å². The minimum atomic E-state index is 0.248. The number of fused-ring (bicyclic) bond motifs is 3. The lowest BCUT2D eigenvalue weighted by molar-refractivity contribution is -0.136. The van der Waals surface area contributed by atoms with Crippen molar-refractivity contribution in [1.82, 2.24) is 15.0 Å². The van der Waals surface area contributed by atoms with Crippen molar-refractivity contribution >= 4 is 5.91 Å². The van der Waals surface area contributed by atoms with Crippen LogP contribution >= 0.6 is 0 Å². The zero-order valence-electron chi connectivity index (χ0n) is 18.2. The molecule has 1 atom stereocenters. The minimum Gasteiger partial charge on any atom is -0.494 e. The molecule has 0 radical (unpaired) electrons. The van der Waals surface area contributed by atoms with Crippen molar-refractivity contribution in [2.24, 2.45) is 0 Å². The molecular weight excluding hydrogens is 378 g/mol. The second kappa shape index (κ2) is 9.65. The number of aryl methyl sites for hydroxylation is 3. The van der Waals surface area contributed by atoms with E-state index in [-0.39, 0.29) is 5.91 Å². The highest BCUT2D eigenvalue weighted by atomic mass is 16.5. The molecule has 2 aliphatic heterocycles. The molecule has 2 aliphatic rings. The topological polar surface area (TPSA) is 58.8 Å². The van der Waals surface area contributed by atoms with E-state index in [9.17, 15) is 4.79 Å². The largest absolute Gasteiger partial charge is 0.494 e. The Hall–Kier alpha value is -2.34. The van der Waals surface area contributed by atoms with Crippen molar-refractivity contribution in [3.05, 3.63) is 46.8 Å². The van der Waals surface area contributed by atoms with Crippen LogP contribution in [0, 0.1) is 13.8 Å². The van der Waals surface area contributed by atoms with Gasteiger partial charge in [0.2, 0.25) is 5.91 Å². The Balaban J connectivity index is 1.54. The summed E-state index contributed by atoms with van der Waals surface area (Å²) in [6.07, 6.45) is 6.28. The van der Waals surface area contributed by atoms with Crippen molar-refractivity contribution in [3.63, 3.8) is 0 Å². The second-order valence-electron chi connectivity index (χ2n) is 8.64. The van der Waals surface area contributed by atoms with Crippen LogP contribution in [-0.2, 0) is 17.8 Å². The summed E-state index contributed by atoms with van der Waals surface area (Å²) in [6.45, 7) is 7.35. The third-order valence-electron chi connectivity index (χ3n) is 6.42. The summed E-state index contributed by atoms with van der Waals surface area (Å²) in [4.78, 5) is 17.7. The predicted molar refractivity (Wildman–Crippen MR) is 115 cm³/mol. The van der Waals surface area contributed by atoms with Gasteiger partial charge in [0.15, 0.2) is 0 Å². The molecule has 0 saturated carbocycles. The Morgan fingerprint density at radius 3 is 2.87 bits per heavy atom. The van der Waals surface area contributed by atoms with Crippen molar-refractivity contribution in [2.45, 2.75) is 65.0 Å². The normalized spacial score (nSPS) is 21.6. The third-order valence-corrected chi connectivity index (χ3v) is 6.42. The van der Waals surface area contributed by atoms with Crippen LogP contribution in [0.5, 0.6) is 5.75 Å². The lowest BCUT2D eigenvalue weighted by atomic mass is 9.95. The molecule has 2 bridgehead atoms. The molecule has 2 aromatic rings. The van der Waals surface area contributed by atoms with Crippen LogP contribution in [0.25, 0.3) is 0 Å². The van der Waals surface area contributed by atoms with Gasteiger partial charge in [0.25, 0.3) is 0 Å². The molecule has 0 N–H and O–H groups in total. The predicted octanol–water partition coefficient (Wildman–Crippen LogP) is 3.89. The van der Waals surface area contributed by atoms with Crippen LogP contribution in [0.15, 0.2) is 28.8 Å². The number of hydrogen-bond acceptors (Lipinski definition) is 5. The Morgan fingerprint density at radius 1 is 1.13 bits per heavy atom. The van der Waals surface area contributed by atoms with Crippen molar-refractivity contribution in [2.75, 3.05) is 26.2 Å². The van der Waals surface area contributed by atoms with E-state index in [1.54, 1.807) is 0 Å². The molecular formula is C24H33N3O3. The van der Waals surface area contributed by atoms with E-state index < -0.39 is 0 Å². The van der Waals surface area contributed by atoms with Gasteiger partial charge >= 0.3 is 0 Å². The van der Waals surface area contributed by atoms with Crippen LogP contribution in [0.4, 0.5) is 0 Å². The first-order valence-electron chi connectivity index (χ1n) is 11.3. The van der Waals surface area contributed by atoms with Gasteiger partial charge in [-0.2, -0.15) is 0 Å². The number of hydrogen-bond donors (Lipinski definition) is 0. The number of rotatable bonds is 2. The number of carbonyl (C=O) groups is 1. The van der Waals surface area contributed by atoms with E-state index in [1.807, 2.05) is 19.9 Å². The molecule has 1 unspecified atom stereocenters. The Morgan fingerprint density at radius 2 is 2.03 bits per heavy atom. The maximum Gasteiger partial charge on any atom is 0.237 e. The van der Waals surface area contributed by atoms with E-state index in [0.29, 0.717) is 25.7 Å². The van der Waals surface area contributed by atoms with Crippen LogP contribution in [0.1, 0.15) is 54.7 Å². The lowest BCUT2D eigenvalue weighted by Gasteiger charge is -2.37. The molecule has 0 aliphatic carbocycles. The first-order chi connectivity index (χ1) is 14.6. The van der Waals surface area contributed by atoms with E-state index in [1.165, 1.54) is 12.0 Å². The molecule has 1 aromatic carbocycles. The van der Waals surface area contributed by atoms with Gasteiger partial charge in [0.1, 0.15) is 11.5 Å². The lowest BCUT2D eigenvalue weighted by Crippen LogP contribution is -2.48. The fraction of sp³-hybridized carbons (Fsp3) is 0.583. The molecule has 4 rings (SSSR count). The number of ether oxygens (including phenoxy) is 1. The summed E-state index contributed by atoms with van der Waals surface area (Å²) < 4.78 is 11.3. The molecule has 3 heterocycles. The highest BCUT2D eigenvalue weighted by Crippen LogP contribution is 2.24. The first-order valence-corrected chi connectivity index (χ1v) is 11.3. The van der Waals surface area contributed by atoms with Crippen molar-refractivity contribution < 1.29 is 14.1 Å². The van der Waals surface area contributed by atoms with E-state index in [0.717, 1.165) is 68.0 Å². The Labute approximate surface area is 179 Å². The summed E-state index contributed by atoms with van der Waals surface area (Å²) in [7, 11) is 0. The summed E-state index contributed by atoms with van der Waals surface area (Å²) in [6, 6.07) is 8.76. The maximum absolute atomic E-state index is 13.3. The average molecular weight is 412 g/mol. The zero-order valence-corrected chi connectivity index (χ0v) is 18.2. The molecule has 0 spiro atoms. The Kier molecular flexibility index (Phi) is 6.72. The summed E-state index contributed by atoms with van der Waals surface area (Å²) >= 11 is 0. The molecule has 6 heteroatoms. The van der Waals surface area contributed by atoms with Gasteiger partial charge in [-0.25, -0.2) is 0 Å². The number of carbonyl (C=O) groups excluding carboxylic acids is 1. The van der Waals surface area contributed by atoms with Crippen molar-refractivity contribution in [3.8, 4) is 5.75 Å². The molecule has 1 aromatic heterocycles. The van der Waals surface area contributed by atoms with Gasteiger partial charge in [0.05, 0.1) is 18.8 Å². The standard InChI is InChI=1S/C24H33N3O3/c1-18-23(19(2)30-25-18)16-26-12-6-14-29-22-9-5-7-20(15-22)10-11-21-8-3-4-13-27(21)24(28)17-26/h5,7,9,15,21H,3-4,6,8,10-14,16-17H2,1-2H3.